The van der Waals surface area contributed by atoms with Gasteiger partial charge in [0.25, 0.3) is 0 Å². The van der Waals surface area contributed by atoms with Crippen LogP contribution in [-0.4, -0.2) is 14.8 Å². The Kier molecular flexibility index (Phi) is 6.19. The maximum Gasteiger partial charge on any atom is 0.190 e. The number of hydrogen-bond acceptors (Lipinski definition) is 4. The predicted molar refractivity (Wildman–Crippen MR) is 116 cm³/mol. The van der Waals surface area contributed by atoms with Crippen molar-refractivity contribution in [3.63, 3.8) is 0 Å². The average molecular weight is 411 g/mol. The average Bonchev–Trinajstić information content (AvgIpc) is 3.08. The van der Waals surface area contributed by atoms with E-state index in [-0.39, 0.29) is 23.9 Å². The van der Waals surface area contributed by atoms with Gasteiger partial charge in [-0.2, -0.15) is 0 Å². The first-order valence-electron chi connectivity index (χ1n) is 8.55. The van der Waals surface area contributed by atoms with Gasteiger partial charge in [0.15, 0.2) is 16.3 Å². The van der Waals surface area contributed by atoms with Gasteiger partial charge in [-0.15, -0.1) is 23.7 Å². The summed E-state index contributed by atoms with van der Waals surface area (Å²) in [6.07, 6.45) is 0. The van der Waals surface area contributed by atoms with Crippen LogP contribution in [0.1, 0.15) is 5.56 Å². The number of hydrogen-bond donors (Lipinski definition) is 2. The van der Waals surface area contributed by atoms with Crippen LogP contribution in [0.2, 0.25) is 0 Å². The molecule has 6 heteroatoms. The van der Waals surface area contributed by atoms with E-state index in [1.807, 2.05) is 53.9 Å². The first-order chi connectivity index (χ1) is 13.2. The zero-order valence-corrected chi connectivity index (χ0v) is 16.5. The number of rotatable bonds is 4. The maximum atomic E-state index is 9.90. The summed E-state index contributed by atoms with van der Waals surface area (Å²) in [5, 5.41) is 21.6. The molecule has 1 aromatic heterocycles. The summed E-state index contributed by atoms with van der Waals surface area (Å²) in [7, 11) is 0. The van der Waals surface area contributed by atoms with E-state index < -0.39 is 0 Å². The topological polar surface area (TPSA) is 57.8 Å². The molecule has 2 N–H and O–H groups in total. The van der Waals surface area contributed by atoms with Crippen LogP contribution in [0.4, 0.5) is 5.69 Å². The molecule has 0 unspecified atom stereocenters. The molecule has 0 atom stereocenters. The number of aromatic hydroxyl groups is 2. The molecule has 0 fully saturated rings. The Hall–Kier alpha value is -3.02. The lowest BCUT2D eigenvalue weighted by molar-refractivity contribution is 0.404. The van der Waals surface area contributed by atoms with Gasteiger partial charge in [0.05, 0.1) is 17.9 Å². The molecule has 0 aliphatic rings. The van der Waals surface area contributed by atoms with E-state index in [0.29, 0.717) is 6.54 Å². The van der Waals surface area contributed by atoms with E-state index in [9.17, 15) is 10.2 Å². The van der Waals surface area contributed by atoms with Crippen molar-refractivity contribution in [3.05, 3.63) is 94.6 Å². The van der Waals surface area contributed by atoms with Crippen LogP contribution in [0.15, 0.2) is 89.2 Å². The number of aromatic nitrogens is 1. The molecule has 3 aromatic carbocycles. The molecule has 0 saturated carbocycles. The van der Waals surface area contributed by atoms with Crippen LogP contribution in [-0.2, 0) is 6.54 Å². The highest BCUT2D eigenvalue weighted by molar-refractivity contribution is 7.07. The lowest BCUT2D eigenvalue weighted by Crippen LogP contribution is -2.16. The number of halogens is 1. The van der Waals surface area contributed by atoms with Crippen molar-refractivity contribution in [1.29, 1.82) is 0 Å². The van der Waals surface area contributed by atoms with Crippen molar-refractivity contribution in [2.45, 2.75) is 6.54 Å². The van der Waals surface area contributed by atoms with Crippen molar-refractivity contribution < 1.29 is 10.2 Å². The highest BCUT2D eigenvalue weighted by Gasteiger charge is 2.11. The Balaban J connectivity index is 0.00000225. The normalized spacial score (nSPS) is 11.2. The third-order valence-corrected chi connectivity index (χ3v) is 5.10. The Morgan fingerprint density at radius 1 is 0.821 bits per heavy atom. The molecule has 4 rings (SSSR count). The first kappa shape index (κ1) is 19.7. The molecule has 0 aliphatic carbocycles. The van der Waals surface area contributed by atoms with Gasteiger partial charge < -0.3 is 14.8 Å². The lowest BCUT2D eigenvalue weighted by Gasteiger charge is -2.10. The Bertz CT molecular complexity index is 1120. The second-order valence-electron chi connectivity index (χ2n) is 6.13. The molecule has 4 aromatic rings. The highest BCUT2D eigenvalue weighted by atomic mass is 35.5. The van der Waals surface area contributed by atoms with Gasteiger partial charge >= 0.3 is 0 Å². The molecule has 0 radical (unpaired) electrons. The summed E-state index contributed by atoms with van der Waals surface area (Å²) in [4.78, 5) is 5.66. The summed E-state index contributed by atoms with van der Waals surface area (Å²) in [5.74, 6) is -0.260. The third-order valence-electron chi connectivity index (χ3n) is 4.23. The van der Waals surface area contributed by atoms with Crippen molar-refractivity contribution >= 4 is 29.4 Å². The minimum Gasteiger partial charge on any atom is -0.504 e. The number of para-hydroxylation sites is 1. The van der Waals surface area contributed by atoms with Gasteiger partial charge in [0, 0.05) is 10.9 Å². The monoisotopic (exact) mass is 410 g/mol. The van der Waals surface area contributed by atoms with Gasteiger partial charge in [-0.1, -0.05) is 48.5 Å². The van der Waals surface area contributed by atoms with E-state index in [2.05, 4.69) is 16.7 Å². The van der Waals surface area contributed by atoms with E-state index in [0.717, 1.165) is 27.3 Å². The molecule has 0 amide bonds. The zero-order valence-electron chi connectivity index (χ0n) is 14.9. The van der Waals surface area contributed by atoms with Crippen LogP contribution < -0.4 is 4.80 Å². The summed E-state index contributed by atoms with van der Waals surface area (Å²) in [6.45, 7) is 0.660. The summed E-state index contributed by atoms with van der Waals surface area (Å²) in [5.41, 5.74) is 3.82. The Morgan fingerprint density at radius 3 is 2.18 bits per heavy atom. The van der Waals surface area contributed by atoms with E-state index in [1.54, 1.807) is 23.5 Å². The first-order valence-corrected chi connectivity index (χ1v) is 9.43. The minimum atomic E-state index is -0.133. The van der Waals surface area contributed by atoms with Gasteiger partial charge in [0.1, 0.15) is 0 Å². The molecule has 142 valence electrons. The summed E-state index contributed by atoms with van der Waals surface area (Å²) < 4.78 is 2.12. The molecule has 4 nitrogen and oxygen atoms in total. The van der Waals surface area contributed by atoms with Gasteiger partial charge in [-0.3, -0.25) is 0 Å². The minimum absolute atomic E-state index is 0. The molecular formula is C22H19ClN2O2S. The van der Waals surface area contributed by atoms with E-state index in [1.165, 1.54) is 6.07 Å². The van der Waals surface area contributed by atoms with Crippen LogP contribution in [0.5, 0.6) is 11.5 Å². The van der Waals surface area contributed by atoms with Crippen LogP contribution in [0, 0.1) is 0 Å². The largest absolute Gasteiger partial charge is 0.504 e. The van der Waals surface area contributed by atoms with Gasteiger partial charge in [-0.25, -0.2) is 4.99 Å². The van der Waals surface area contributed by atoms with Gasteiger partial charge in [0.2, 0.25) is 0 Å². The number of nitrogens with zero attached hydrogens (tertiary/aromatic N) is 2. The second-order valence-corrected chi connectivity index (χ2v) is 6.96. The van der Waals surface area contributed by atoms with Crippen molar-refractivity contribution in [2.75, 3.05) is 0 Å². The van der Waals surface area contributed by atoms with Gasteiger partial charge in [-0.05, 0) is 35.9 Å². The molecular weight excluding hydrogens is 392 g/mol. The number of benzene rings is 3. The van der Waals surface area contributed by atoms with Crippen molar-refractivity contribution in [2.24, 2.45) is 4.99 Å². The predicted octanol–water partition coefficient (Wildman–Crippen LogP) is 5.33. The maximum absolute atomic E-state index is 9.90. The molecule has 0 saturated heterocycles. The zero-order chi connectivity index (χ0) is 18.6. The van der Waals surface area contributed by atoms with Crippen LogP contribution in [0.25, 0.3) is 11.3 Å². The lowest BCUT2D eigenvalue weighted by atomic mass is 10.1. The third kappa shape index (κ3) is 4.27. The fraction of sp³-hybridized carbons (Fsp3) is 0.0455. The highest BCUT2D eigenvalue weighted by Crippen LogP contribution is 2.31. The molecule has 0 bridgehead atoms. The molecule has 28 heavy (non-hydrogen) atoms. The second kappa shape index (κ2) is 8.78. The fourth-order valence-electron chi connectivity index (χ4n) is 2.86. The number of thiazole rings is 1. The quantitative estimate of drug-likeness (QED) is 0.447. The standard InChI is InChI=1S/C22H18N2O2S.ClH/c25-20-12-11-17(13-21(20)26)19-15-27-22(23-18-9-5-2-6-10-18)24(19)14-16-7-3-1-4-8-16;/h1-13,15,25-26H,14H2;1H. The van der Waals surface area contributed by atoms with Crippen LogP contribution >= 0.6 is 23.7 Å². The Labute approximate surface area is 173 Å². The summed E-state index contributed by atoms with van der Waals surface area (Å²) in [6, 6.07) is 24.9. The van der Waals surface area contributed by atoms with Crippen molar-refractivity contribution in [3.8, 4) is 22.8 Å². The SMILES string of the molecule is Cl.Oc1ccc(-c2csc(=Nc3ccccc3)n2Cc2ccccc2)cc1O. The number of phenols is 2. The fourth-order valence-corrected chi connectivity index (χ4v) is 3.79. The van der Waals surface area contributed by atoms with E-state index in [4.69, 9.17) is 4.99 Å². The van der Waals surface area contributed by atoms with Crippen LogP contribution in [0.3, 0.4) is 0 Å². The number of phenolic OH excluding ortho intramolecular Hbond substituents is 2. The van der Waals surface area contributed by atoms with Crippen molar-refractivity contribution in [1.82, 2.24) is 4.57 Å². The van der Waals surface area contributed by atoms with E-state index >= 15 is 0 Å². The molecule has 1 heterocycles. The summed E-state index contributed by atoms with van der Waals surface area (Å²) >= 11 is 1.55. The molecule has 0 aliphatic heterocycles. The smallest absolute Gasteiger partial charge is 0.190 e. The Morgan fingerprint density at radius 2 is 1.50 bits per heavy atom. The molecule has 0 spiro atoms.